The molecule has 0 radical (unpaired) electrons. The number of amides is 1. The second-order valence-electron chi connectivity index (χ2n) is 4.43. The van der Waals surface area contributed by atoms with Crippen LogP contribution >= 0.6 is 27.3 Å². The molecule has 4 nitrogen and oxygen atoms in total. The van der Waals surface area contributed by atoms with E-state index in [9.17, 15) is 4.79 Å². The van der Waals surface area contributed by atoms with Crippen LogP contribution in [-0.4, -0.2) is 10.8 Å². The summed E-state index contributed by atoms with van der Waals surface area (Å²) in [6, 6.07) is 9.33. The van der Waals surface area contributed by atoms with Gasteiger partial charge < -0.3 is 13.7 Å². The summed E-state index contributed by atoms with van der Waals surface area (Å²) < 4.78 is 11.0. The maximum Gasteiger partial charge on any atom is 0.259 e. The van der Waals surface area contributed by atoms with Crippen LogP contribution in [0, 0.1) is 0 Å². The molecule has 0 aliphatic rings. The van der Waals surface area contributed by atoms with Gasteiger partial charge >= 0.3 is 0 Å². The molecule has 21 heavy (non-hydrogen) atoms. The Labute approximate surface area is 134 Å². The van der Waals surface area contributed by atoms with Crippen molar-refractivity contribution in [2.75, 3.05) is 0 Å². The van der Waals surface area contributed by atoms with Crippen LogP contribution in [0.3, 0.4) is 0 Å². The van der Waals surface area contributed by atoms with Crippen LogP contribution in [0.25, 0.3) is 0 Å². The first-order valence-corrected chi connectivity index (χ1v) is 7.98. The molecular weight excluding hydrogens is 354 g/mol. The highest BCUT2D eigenvalue weighted by molar-refractivity contribution is 9.10. The van der Waals surface area contributed by atoms with Gasteiger partial charge in [0.2, 0.25) is 0 Å². The van der Waals surface area contributed by atoms with Gasteiger partial charge in [0, 0.05) is 4.88 Å². The topological polar surface area (TPSA) is 46.6 Å². The van der Waals surface area contributed by atoms with Crippen LogP contribution in [-0.2, 0) is 13.1 Å². The molecule has 6 heteroatoms. The Morgan fingerprint density at radius 3 is 2.67 bits per heavy atom. The molecule has 3 aromatic heterocycles. The summed E-state index contributed by atoms with van der Waals surface area (Å²) >= 11 is 4.88. The van der Waals surface area contributed by atoms with Crippen LogP contribution in [0.15, 0.2) is 61.7 Å². The third kappa shape index (κ3) is 3.28. The van der Waals surface area contributed by atoms with Crippen molar-refractivity contribution >= 4 is 33.2 Å². The predicted octanol–water partition coefficient (Wildman–Crippen LogP) is 4.54. The molecule has 0 N–H and O–H groups in total. The zero-order chi connectivity index (χ0) is 14.7. The Morgan fingerprint density at radius 1 is 1.14 bits per heavy atom. The van der Waals surface area contributed by atoms with Crippen molar-refractivity contribution in [3.63, 3.8) is 0 Å². The lowest BCUT2D eigenvalue weighted by atomic mass is 10.2. The first-order chi connectivity index (χ1) is 10.2. The van der Waals surface area contributed by atoms with E-state index < -0.39 is 0 Å². The summed E-state index contributed by atoms with van der Waals surface area (Å²) in [5.74, 6) is 0.653. The van der Waals surface area contributed by atoms with Gasteiger partial charge in [-0.25, -0.2) is 0 Å². The lowest BCUT2D eigenvalue weighted by Crippen LogP contribution is -2.29. The van der Waals surface area contributed by atoms with Crippen molar-refractivity contribution in [1.29, 1.82) is 0 Å². The Morgan fingerprint density at radius 2 is 2.05 bits per heavy atom. The molecule has 0 aromatic carbocycles. The molecule has 0 aliphatic carbocycles. The molecule has 0 unspecified atom stereocenters. The van der Waals surface area contributed by atoms with E-state index in [4.69, 9.17) is 8.83 Å². The summed E-state index contributed by atoms with van der Waals surface area (Å²) in [6.07, 6.45) is 3.10. The maximum absolute atomic E-state index is 12.7. The first-order valence-electron chi connectivity index (χ1n) is 6.31. The van der Waals surface area contributed by atoms with Crippen molar-refractivity contribution in [3.05, 3.63) is 69.1 Å². The number of hydrogen-bond acceptors (Lipinski definition) is 4. The first kappa shape index (κ1) is 14.2. The summed E-state index contributed by atoms with van der Waals surface area (Å²) in [5, 5.41) is 2.00. The maximum atomic E-state index is 12.7. The molecular formula is C15H12BrNO3S. The monoisotopic (exact) mass is 365 g/mol. The second kappa shape index (κ2) is 6.32. The number of rotatable bonds is 5. The van der Waals surface area contributed by atoms with E-state index in [0.29, 0.717) is 23.3 Å². The van der Waals surface area contributed by atoms with Gasteiger partial charge in [-0.05, 0) is 45.6 Å². The lowest BCUT2D eigenvalue weighted by Gasteiger charge is -2.20. The van der Waals surface area contributed by atoms with E-state index >= 15 is 0 Å². The average Bonchev–Trinajstić information content (AvgIpc) is 3.19. The summed E-state index contributed by atoms with van der Waals surface area (Å²) in [7, 11) is 0. The van der Waals surface area contributed by atoms with Crippen molar-refractivity contribution in [2.24, 2.45) is 0 Å². The highest BCUT2D eigenvalue weighted by Gasteiger charge is 2.21. The minimum absolute atomic E-state index is 0.0968. The van der Waals surface area contributed by atoms with Crippen LogP contribution < -0.4 is 0 Å². The van der Waals surface area contributed by atoms with Gasteiger partial charge in [-0.2, -0.15) is 0 Å². The summed E-state index contributed by atoms with van der Waals surface area (Å²) in [4.78, 5) is 15.5. The fourth-order valence-corrected chi connectivity index (χ4v) is 3.13. The highest BCUT2D eigenvalue weighted by atomic mass is 79.9. The molecule has 0 fully saturated rings. The van der Waals surface area contributed by atoms with Crippen LogP contribution in [0.4, 0.5) is 0 Å². The molecule has 0 atom stereocenters. The van der Waals surface area contributed by atoms with Crippen molar-refractivity contribution in [2.45, 2.75) is 13.1 Å². The highest BCUT2D eigenvalue weighted by Crippen LogP contribution is 2.22. The minimum atomic E-state index is -0.0968. The van der Waals surface area contributed by atoms with E-state index in [0.717, 1.165) is 10.6 Å². The molecule has 0 saturated carbocycles. The summed E-state index contributed by atoms with van der Waals surface area (Å²) in [6.45, 7) is 0.955. The quantitative estimate of drug-likeness (QED) is 0.666. The van der Waals surface area contributed by atoms with Crippen LogP contribution in [0.1, 0.15) is 21.0 Å². The molecule has 0 saturated heterocycles. The molecule has 3 rings (SSSR count). The number of furan rings is 2. The molecule has 1 amide bonds. The Bertz CT molecular complexity index is 667. The molecule has 3 aromatic rings. The van der Waals surface area contributed by atoms with Gasteiger partial charge in [0.15, 0.2) is 4.67 Å². The van der Waals surface area contributed by atoms with E-state index in [-0.39, 0.29) is 5.91 Å². The third-order valence-electron chi connectivity index (χ3n) is 2.99. The zero-order valence-corrected chi connectivity index (χ0v) is 13.4. The molecule has 0 spiro atoms. The number of nitrogens with zero attached hydrogens (tertiary/aromatic N) is 1. The van der Waals surface area contributed by atoms with E-state index in [1.807, 2.05) is 29.6 Å². The van der Waals surface area contributed by atoms with Gasteiger partial charge in [-0.15, -0.1) is 11.3 Å². The second-order valence-corrected chi connectivity index (χ2v) is 6.18. The molecule has 108 valence electrons. The number of carbonyl (C=O) groups excluding carboxylic acids is 1. The van der Waals surface area contributed by atoms with Gasteiger partial charge in [-0.3, -0.25) is 4.79 Å². The van der Waals surface area contributed by atoms with Gasteiger partial charge in [0.1, 0.15) is 5.76 Å². The van der Waals surface area contributed by atoms with E-state index in [2.05, 4.69) is 15.9 Å². The fraction of sp³-hybridized carbons (Fsp3) is 0.133. The van der Waals surface area contributed by atoms with Crippen molar-refractivity contribution < 1.29 is 13.6 Å². The normalized spacial score (nSPS) is 10.7. The van der Waals surface area contributed by atoms with E-state index in [1.165, 1.54) is 6.26 Å². The lowest BCUT2D eigenvalue weighted by molar-refractivity contribution is 0.0717. The average molecular weight is 366 g/mol. The zero-order valence-electron chi connectivity index (χ0n) is 11.0. The third-order valence-corrected chi connectivity index (χ3v) is 4.46. The largest absolute Gasteiger partial charge is 0.467 e. The Balaban J connectivity index is 1.84. The summed E-state index contributed by atoms with van der Waals surface area (Å²) in [5.41, 5.74) is 0.512. The van der Waals surface area contributed by atoms with Crippen LogP contribution in [0.2, 0.25) is 0 Å². The van der Waals surface area contributed by atoms with Gasteiger partial charge in [0.25, 0.3) is 5.91 Å². The van der Waals surface area contributed by atoms with Gasteiger partial charge in [0.05, 0.1) is 31.2 Å². The SMILES string of the molecule is O=C(c1ccoc1Br)N(Cc1ccco1)Cc1cccs1. The number of hydrogen-bond donors (Lipinski definition) is 0. The predicted molar refractivity (Wildman–Crippen MR) is 83.0 cm³/mol. The number of carbonyl (C=O) groups is 1. The van der Waals surface area contributed by atoms with E-state index in [1.54, 1.807) is 28.6 Å². The van der Waals surface area contributed by atoms with Crippen molar-refractivity contribution in [1.82, 2.24) is 4.90 Å². The number of halogens is 1. The molecule has 0 aliphatic heterocycles. The Hall–Kier alpha value is -1.79. The smallest absolute Gasteiger partial charge is 0.259 e. The minimum Gasteiger partial charge on any atom is -0.467 e. The Kier molecular flexibility index (Phi) is 4.26. The standard InChI is InChI=1S/C15H12BrNO3S/c16-14-13(5-7-20-14)15(18)17(9-11-3-1-6-19-11)10-12-4-2-8-21-12/h1-8H,9-10H2. The number of thiophene rings is 1. The molecule has 3 heterocycles. The van der Waals surface area contributed by atoms with Crippen LogP contribution in [0.5, 0.6) is 0 Å². The fourth-order valence-electron chi connectivity index (χ4n) is 2.00. The molecule has 0 bridgehead atoms. The van der Waals surface area contributed by atoms with Crippen molar-refractivity contribution in [3.8, 4) is 0 Å². The van der Waals surface area contributed by atoms with Gasteiger partial charge in [-0.1, -0.05) is 6.07 Å².